The smallest absolute Gasteiger partial charge is 0.257 e. The van der Waals surface area contributed by atoms with Crippen LogP contribution in [0.5, 0.6) is 0 Å². The normalized spacial score (nSPS) is 26.3. The predicted octanol–water partition coefficient (Wildman–Crippen LogP) is 4.00. The largest absolute Gasteiger partial charge is 0.375 e. The predicted molar refractivity (Wildman–Crippen MR) is 116 cm³/mol. The Kier molecular flexibility index (Phi) is 6.71. The molecule has 0 aromatic heterocycles. The van der Waals surface area contributed by atoms with Crippen molar-refractivity contribution in [2.45, 2.75) is 69.4 Å². The third kappa shape index (κ3) is 4.75. The van der Waals surface area contributed by atoms with Crippen molar-refractivity contribution in [3.8, 4) is 0 Å². The number of aliphatic hydroxyl groups is 1. The SMILES string of the molecule is O=C(NC1CCN(CC2C=CCCC2)CC1)C(O)(c1ccccc1)C1CCCC1. The molecule has 0 bridgehead atoms. The van der Waals surface area contributed by atoms with Crippen molar-refractivity contribution >= 4 is 5.91 Å². The molecular weight excluding hydrogens is 360 g/mol. The van der Waals surface area contributed by atoms with Crippen LogP contribution >= 0.6 is 0 Å². The van der Waals surface area contributed by atoms with E-state index in [4.69, 9.17) is 0 Å². The Morgan fingerprint density at radius 2 is 1.76 bits per heavy atom. The van der Waals surface area contributed by atoms with E-state index in [1.807, 2.05) is 30.3 Å². The highest BCUT2D eigenvalue weighted by Crippen LogP contribution is 2.41. The van der Waals surface area contributed by atoms with Gasteiger partial charge in [0.15, 0.2) is 5.60 Å². The van der Waals surface area contributed by atoms with Crippen LogP contribution in [-0.4, -0.2) is 41.6 Å². The quantitative estimate of drug-likeness (QED) is 0.715. The molecule has 0 radical (unpaired) electrons. The molecule has 4 heteroatoms. The fraction of sp³-hybridized carbons (Fsp3) is 0.640. The molecule has 4 rings (SSSR count). The molecule has 29 heavy (non-hydrogen) atoms. The number of hydrogen-bond donors (Lipinski definition) is 2. The lowest BCUT2D eigenvalue weighted by molar-refractivity contribution is -0.148. The summed E-state index contributed by atoms with van der Waals surface area (Å²) in [7, 11) is 0. The van der Waals surface area contributed by atoms with E-state index in [0.29, 0.717) is 5.92 Å². The number of rotatable bonds is 6. The maximum Gasteiger partial charge on any atom is 0.257 e. The highest BCUT2D eigenvalue weighted by molar-refractivity contribution is 5.87. The van der Waals surface area contributed by atoms with E-state index in [9.17, 15) is 9.90 Å². The summed E-state index contributed by atoms with van der Waals surface area (Å²) < 4.78 is 0. The number of hydrogen-bond acceptors (Lipinski definition) is 3. The van der Waals surface area contributed by atoms with E-state index < -0.39 is 5.60 Å². The molecule has 3 aliphatic rings. The van der Waals surface area contributed by atoms with Crippen LogP contribution in [0.1, 0.15) is 63.4 Å². The van der Waals surface area contributed by atoms with Gasteiger partial charge in [0.05, 0.1) is 0 Å². The second kappa shape index (κ2) is 9.44. The third-order valence-corrected chi connectivity index (χ3v) is 7.28. The number of nitrogens with zero attached hydrogens (tertiary/aromatic N) is 1. The van der Waals surface area contributed by atoms with E-state index in [2.05, 4.69) is 22.4 Å². The summed E-state index contributed by atoms with van der Waals surface area (Å²) in [4.78, 5) is 15.9. The van der Waals surface area contributed by atoms with Gasteiger partial charge in [-0.15, -0.1) is 0 Å². The molecule has 1 amide bonds. The summed E-state index contributed by atoms with van der Waals surface area (Å²) in [5.74, 6) is 0.521. The standard InChI is InChI=1S/C25H36N2O2/c28-24(25(29,22-13-7-8-14-22)21-11-5-2-6-12-21)26-23-15-17-27(18-16-23)19-20-9-3-1-4-10-20/h2-3,5-6,9,11-12,20,22-23,29H,1,4,7-8,10,13-19H2,(H,26,28). The maximum absolute atomic E-state index is 13.3. The summed E-state index contributed by atoms with van der Waals surface area (Å²) in [5, 5.41) is 14.8. The summed E-state index contributed by atoms with van der Waals surface area (Å²) in [6.45, 7) is 3.21. The van der Waals surface area contributed by atoms with Gasteiger partial charge < -0.3 is 15.3 Å². The molecule has 4 nitrogen and oxygen atoms in total. The van der Waals surface area contributed by atoms with Gasteiger partial charge in [-0.05, 0) is 56.4 Å². The Morgan fingerprint density at radius 1 is 1.03 bits per heavy atom. The highest BCUT2D eigenvalue weighted by Gasteiger charge is 2.46. The van der Waals surface area contributed by atoms with E-state index in [0.717, 1.165) is 63.7 Å². The monoisotopic (exact) mass is 396 g/mol. The van der Waals surface area contributed by atoms with Crippen LogP contribution in [0.15, 0.2) is 42.5 Å². The zero-order chi connectivity index (χ0) is 20.1. The van der Waals surface area contributed by atoms with Crippen molar-refractivity contribution in [3.63, 3.8) is 0 Å². The van der Waals surface area contributed by atoms with E-state index in [-0.39, 0.29) is 17.9 Å². The topological polar surface area (TPSA) is 52.6 Å². The highest BCUT2D eigenvalue weighted by atomic mass is 16.3. The van der Waals surface area contributed by atoms with Crippen LogP contribution in [-0.2, 0) is 10.4 Å². The van der Waals surface area contributed by atoms with E-state index in [1.165, 1.54) is 19.3 Å². The van der Waals surface area contributed by atoms with Gasteiger partial charge in [-0.3, -0.25) is 4.79 Å². The average molecular weight is 397 g/mol. The number of carbonyl (C=O) groups excluding carboxylic acids is 1. The minimum Gasteiger partial charge on any atom is -0.375 e. The first-order valence-electron chi connectivity index (χ1n) is 11.6. The molecule has 2 aliphatic carbocycles. The zero-order valence-electron chi connectivity index (χ0n) is 17.6. The molecule has 2 unspecified atom stereocenters. The first-order chi connectivity index (χ1) is 14.2. The van der Waals surface area contributed by atoms with Crippen LogP contribution in [0.3, 0.4) is 0 Å². The fourth-order valence-electron chi connectivity index (χ4n) is 5.51. The first kappa shape index (κ1) is 20.6. The first-order valence-corrected chi connectivity index (χ1v) is 11.6. The van der Waals surface area contributed by atoms with Gasteiger partial charge in [0.1, 0.15) is 0 Å². The molecule has 2 atom stereocenters. The summed E-state index contributed by atoms with van der Waals surface area (Å²) in [5.41, 5.74) is -0.659. The number of amides is 1. The van der Waals surface area contributed by atoms with Crippen molar-refractivity contribution in [3.05, 3.63) is 48.0 Å². The third-order valence-electron chi connectivity index (χ3n) is 7.28. The van der Waals surface area contributed by atoms with Crippen molar-refractivity contribution < 1.29 is 9.90 Å². The number of likely N-dealkylation sites (tertiary alicyclic amines) is 1. The lowest BCUT2D eigenvalue weighted by Crippen LogP contribution is -2.54. The Balaban J connectivity index is 1.36. The number of piperidine rings is 1. The molecule has 0 spiro atoms. The molecule has 1 aromatic carbocycles. The van der Waals surface area contributed by atoms with Crippen molar-refractivity contribution in [2.75, 3.05) is 19.6 Å². The molecule has 1 aliphatic heterocycles. The van der Waals surface area contributed by atoms with Gasteiger partial charge in [0.2, 0.25) is 0 Å². The number of carbonyl (C=O) groups is 1. The fourth-order valence-corrected chi connectivity index (χ4v) is 5.51. The lowest BCUT2D eigenvalue weighted by atomic mass is 9.79. The molecule has 158 valence electrons. The molecule has 1 aromatic rings. The van der Waals surface area contributed by atoms with Gasteiger partial charge in [0.25, 0.3) is 5.91 Å². The van der Waals surface area contributed by atoms with Gasteiger partial charge >= 0.3 is 0 Å². The average Bonchev–Trinajstić information content (AvgIpc) is 3.31. The van der Waals surface area contributed by atoms with Crippen molar-refractivity contribution in [1.29, 1.82) is 0 Å². The zero-order valence-corrected chi connectivity index (χ0v) is 17.6. The second-order valence-corrected chi connectivity index (χ2v) is 9.28. The Bertz CT molecular complexity index is 690. The van der Waals surface area contributed by atoms with Gasteiger partial charge in [-0.25, -0.2) is 0 Å². The number of nitrogens with one attached hydrogen (secondary N) is 1. The molecule has 1 saturated heterocycles. The summed E-state index contributed by atoms with van der Waals surface area (Å²) >= 11 is 0. The van der Waals surface area contributed by atoms with Crippen LogP contribution < -0.4 is 5.32 Å². The van der Waals surface area contributed by atoms with Gasteiger partial charge in [0, 0.05) is 31.6 Å². The molecule has 2 N–H and O–H groups in total. The molecular formula is C25H36N2O2. The van der Waals surface area contributed by atoms with Crippen LogP contribution in [0, 0.1) is 11.8 Å². The van der Waals surface area contributed by atoms with Crippen LogP contribution in [0.25, 0.3) is 0 Å². The second-order valence-electron chi connectivity index (χ2n) is 9.28. The molecule has 2 fully saturated rings. The minimum absolute atomic E-state index is 0.0167. The van der Waals surface area contributed by atoms with E-state index >= 15 is 0 Å². The maximum atomic E-state index is 13.3. The Labute approximate surface area is 175 Å². The number of allylic oxidation sites excluding steroid dienone is 1. The molecule has 1 saturated carbocycles. The summed E-state index contributed by atoms with van der Waals surface area (Å²) in [6, 6.07) is 9.74. The van der Waals surface area contributed by atoms with Crippen LogP contribution in [0.4, 0.5) is 0 Å². The Hall–Kier alpha value is -1.65. The summed E-state index contributed by atoms with van der Waals surface area (Å²) in [6.07, 6.45) is 14.5. The van der Waals surface area contributed by atoms with Crippen LogP contribution in [0.2, 0.25) is 0 Å². The van der Waals surface area contributed by atoms with E-state index in [1.54, 1.807) is 0 Å². The lowest BCUT2D eigenvalue weighted by Gasteiger charge is -2.38. The number of benzene rings is 1. The Morgan fingerprint density at radius 3 is 2.41 bits per heavy atom. The van der Waals surface area contributed by atoms with Crippen molar-refractivity contribution in [1.82, 2.24) is 10.2 Å². The van der Waals surface area contributed by atoms with Gasteiger partial charge in [-0.2, -0.15) is 0 Å². The minimum atomic E-state index is -1.40. The molecule has 1 heterocycles. The van der Waals surface area contributed by atoms with Crippen molar-refractivity contribution in [2.24, 2.45) is 11.8 Å². The van der Waals surface area contributed by atoms with Gasteiger partial charge in [-0.1, -0.05) is 55.3 Å².